The third-order valence-electron chi connectivity index (χ3n) is 3.79. The summed E-state index contributed by atoms with van der Waals surface area (Å²) >= 11 is 0. The molecule has 0 bridgehead atoms. The van der Waals surface area contributed by atoms with E-state index in [1.165, 1.54) is 0 Å². The van der Waals surface area contributed by atoms with Gasteiger partial charge in [-0.3, -0.25) is 4.79 Å². The average Bonchev–Trinajstić information content (AvgIpc) is 2.40. The van der Waals surface area contributed by atoms with Crippen molar-refractivity contribution in [3.8, 4) is 0 Å². The Morgan fingerprint density at radius 3 is 2.83 bits per heavy atom. The molecule has 1 amide bonds. The molecule has 0 aromatic carbocycles. The van der Waals surface area contributed by atoms with Crippen molar-refractivity contribution in [1.29, 1.82) is 0 Å². The van der Waals surface area contributed by atoms with Gasteiger partial charge < -0.3 is 20.1 Å². The monoisotopic (exact) mass is 256 g/mol. The van der Waals surface area contributed by atoms with Gasteiger partial charge in [0.05, 0.1) is 12.7 Å². The Morgan fingerprint density at radius 1 is 1.33 bits per heavy atom. The molecule has 0 aliphatic carbocycles. The summed E-state index contributed by atoms with van der Waals surface area (Å²) in [6.07, 6.45) is 3.26. The Morgan fingerprint density at radius 2 is 2.11 bits per heavy atom. The zero-order valence-electron chi connectivity index (χ0n) is 11.1. The Bertz CT molecular complexity index is 267. The number of ether oxygens (including phenoxy) is 2. The molecule has 0 saturated carbocycles. The van der Waals surface area contributed by atoms with Gasteiger partial charge >= 0.3 is 0 Å². The van der Waals surface area contributed by atoms with Crippen molar-refractivity contribution in [3.05, 3.63) is 0 Å². The fourth-order valence-corrected chi connectivity index (χ4v) is 2.57. The summed E-state index contributed by atoms with van der Waals surface area (Å²) in [7, 11) is 0. The molecule has 0 spiro atoms. The summed E-state index contributed by atoms with van der Waals surface area (Å²) < 4.78 is 10.8. The molecule has 0 aromatic rings. The van der Waals surface area contributed by atoms with Gasteiger partial charge in [0.2, 0.25) is 5.91 Å². The van der Waals surface area contributed by atoms with Gasteiger partial charge in [-0.25, -0.2) is 0 Å². The van der Waals surface area contributed by atoms with Crippen LogP contribution in [0.3, 0.4) is 0 Å². The minimum Gasteiger partial charge on any atom is -0.381 e. The third-order valence-corrected chi connectivity index (χ3v) is 3.79. The van der Waals surface area contributed by atoms with Crippen LogP contribution in [0.5, 0.6) is 0 Å². The van der Waals surface area contributed by atoms with Gasteiger partial charge in [0, 0.05) is 26.3 Å². The average molecular weight is 256 g/mol. The molecule has 18 heavy (non-hydrogen) atoms. The highest BCUT2D eigenvalue weighted by molar-refractivity contribution is 5.82. The van der Waals surface area contributed by atoms with E-state index in [-0.39, 0.29) is 18.1 Å². The molecule has 104 valence electrons. The van der Waals surface area contributed by atoms with Gasteiger partial charge in [-0.1, -0.05) is 0 Å². The van der Waals surface area contributed by atoms with E-state index in [1.54, 1.807) is 0 Å². The number of amides is 1. The molecule has 2 atom stereocenters. The zero-order valence-corrected chi connectivity index (χ0v) is 11.1. The molecule has 2 aliphatic rings. The SMILES string of the molecule is C[C@H]1OCCN[C@@H]1C(=O)NCCC1CCOCC1. The Hall–Kier alpha value is -0.650. The van der Waals surface area contributed by atoms with Crippen molar-refractivity contribution in [2.45, 2.75) is 38.3 Å². The summed E-state index contributed by atoms with van der Waals surface area (Å²) in [5, 5.41) is 6.21. The first-order valence-electron chi connectivity index (χ1n) is 6.98. The normalized spacial score (nSPS) is 30.1. The van der Waals surface area contributed by atoms with Crippen LogP contribution in [-0.2, 0) is 14.3 Å². The standard InChI is InChI=1S/C13H24N2O3/c1-10-12(14-6-9-18-10)13(16)15-5-2-11-3-7-17-8-4-11/h10-12,14H,2-9H2,1H3,(H,15,16)/t10-,12+/m1/s1. The smallest absolute Gasteiger partial charge is 0.239 e. The van der Waals surface area contributed by atoms with E-state index in [1.807, 2.05) is 6.92 Å². The van der Waals surface area contributed by atoms with Gasteiger partial charge in [0.25, 0.3) is 0 Å². The first-order chi connectivity index (χ1) is 8.77. The molecule has 2 aliphatic heterocycles. The number of hydrogen-bond acceptors (Lipinski definition) is 4. The Balaban J connectivity index is 1.64. The highest BCUT2D eigenvalue weighted by atomic mass is 16.5. The minimum atomic E-state index is -0.201. The molecule has 2 fully saturated rings. The van der Waals surface area contributed by atoms with E-state index >= 15 is 0 Å². The maximum absolute atomic E-state index is 12.0. The van der Waals surface area contributed by atoms with Crippen LogP contribution in [0.2, 0.25) is 0 Å². The number of carbonyl (C=O) groups is 1. The molecule has 0 aromatic heterocycles. The lowest BCUT2D eigenvalue weighted by Crippen LogP contribution is -2.55. The molecule has 2 N–H and O–H groups in total. The Kier molecular flexibility index (Phi) is 5.41. The number of morpholine rings is 1. The first-order valence-corrected chi connectivity index (χ1v) is 6.98. The van der Waals surface area contributed by atoms with Crippen LogP contribution in [0.25, 0.3) is 0 Å². The number of hydrogen-bond donors (Lipinski definition) is 2. The van der Waals surface area contributed by atoms with Crippen molar-refractivity contribution >= 4 is 5.91 Å². The molecule has 2 heterocycles. The second kappa shape index (κ2) is 7.07. The summed E-state index contributed by atoms with van der Waals surface area (Å²) in [4.78, 5) is 12.0. The predicted molar refractivity (Wildman–Crippen MR) is 68.4 cm³/mol. The lowest BCUT2D eigenvalue weighted by Gasteiger charge is -2.29. The van der Waals surface area contributed by atoms with Gasteiger partial charge in [-0.05, 0) is 32.1 Å². The lowest BCUT2D eigenvalue weighted by atomic mass is 9.96. The van der Waals surface area contributed by atoms with E-state index in [2.05, 4.69) is 10.6 Å². The van der Waals surface area contributed by atoms with Crippen molar-refractivity contribution in [3.63, 3.8) is 0 Å². The van der Waals surface area contributed by atoms with Crippen LogP contribution in [0, 0.1) is 5.92 Å². The molecule has 5 nitrogen and oxygen atoms in total. The minimum absolute atomic E-state index is 0.0400. The van der Waals surface area contributed by atoms with Crippen LogP contribution in [0.4, 0.5) is 0 Å². The molecular weight excluding hydrogens is 232 g/mol. The van der Waals surface area contributed by atoms with Crippen LogP contribution < -0.4 is 10.6 Å². The van der Waals surface area contributed by atoms with Gasteiger partial charge in [-0.15, -0.1) is 0 Å². The lowest BCUT2D eigenvalue weighted by molar-refractivity contribution is -0.128. The van der Waals surface area contributed by atoms with Crippen molar-refractivity contribution in [2.75, 3.05) is 32.9 Å². The Labute approximate surface area is 109 Å². The molecular formula is C13H24N2O3. The molecule has 2 rings (SSSR count). The maximum atomic E-state index is 12.0. The fraction of sp³-hybridized carbons (Fsp3) is 0.923. The summed E-state index contributed by atoms with van der Waals surface area (Å²) in [5.41, 5.74) is 0. The highest BCUT2D eigenvalue weighted by Crippen LogP contribution is 2.17. The fourth-order valence-electron chi connectivity index (χ4n) is 2.57. The van der Waals surface area contributed by atoms with Gasteiger partial charge in [0.15, 0.2) is 0 Å². The number of rotatable bonds is 4. The van der Waals surface area contributed by atoms with Crippen molar-refractivity contribution in [2.24, 2.45) is 5.92 Å². The second-order valence-corrected chi connectivity index (χ2v) is 5.14. The highest BCUT2D eigenvalue weighted by Gasteiger charge is 2.28. The quantitative estimate of drug-likeness (QED) is 0.759. The van der Waals surface area contributed by atoms with Gasteiger partial charge in [0.1, 0.15) is 6.04 Å². The zero-order chi connectivity index (χ0) is 12.8. The first kappa shape index (κ1) is 13.8. The van der Waals surface area contributed by atoms with Crippen molar-refractivity contribution in [1.82, 2.24) is 10.6 Å². The van der Waals surface area contributed by atoms with Crippen LogP contribution in [-0.4, -0.2) is 51.0 Å². The van der Waals surface area contributed by atoms with E-state index in [0.29, 0.717) is 12.5 Å². The number of carbonyl (C=O) groups excluding carboxylic acids is 1. The van der Waals surface area contributed by atoms with E-state index in [9.17, 15) is 4.79 Å². The van der Waals surface area contributed by atoms with E-state index in [0.717, 1.165) is 45.6 Å². The topological polar surface area (TPSA) is 59.6 Å². The summed E-state index contributed by atoms with van der Waals surface area (Å²) in [5.74, 6) is 0.765. The van der Waals surface area contributed by atoms with Crippen LogP contribution in [0.1, 0.15) is 26.2 Å². The van der Waals surface area contributed by atoms with E-state index in [4.69, 9.17) is 9.47 Å². The molecule has 5 heteroatoms. The molecule has 0 unspecified atom stereocenters. The van der Waals surface area contributed by atoms with Crippen LogP contribution in [0.15, 0.2) is 0 Å². The largest absolute Gasteiger partial charge is 0.381 e. The second-order valence-electron chi connectivity index (χ2n) is 5.14. The molecule has 2 saturated heterocycles. The maximum Gasteiger partial charge on any atom is 0.239 e. The number of nitrogens with one attached hydrogen (secondary N) is 2. The van der Waals surface area contributed by atoms with E-state index < -0.39 is 0 Å². The van der Waals surface area contributed by atoms with Crippen molar-refractivity contribution < 1.29 is 14.3 Å². The summed E-state index contributed by atoms with van der Waals surface area (Å²) in [6.45, 7) is 5.88. The molecule has 0 radical (unpaired) electrons. The third kappa shape index (κ3) is 3.93. The van der Waals surface area contributed by atoms with Crippen LogP contribution >= 0.6 is 0 Å². The summed E-state index contributed by atoms with van der Waals surface area (Å²) in [6, 6.07) is -0.201. The van der Waals surface area contributed by atoms with Gasteiger partial charge in [-0.2, -0.15) is 0 Å². The predicted octanol–water partition coefficient (Wildman–Crippen LogP) is 0.296.